The second kappa shape index (κ2) is 19.7. The topological polar surface area (TPSA) is 217 Å². The molecule has 16 nitrogen and oxygen atoms in total. The molecule has 0 aromatic rings. The van der Waals surface area contributed by atoms with Crippen LogP contribution in [0.3, 0.4) is 0 Å². The van der Waals surface area contributed by atoms with Gasteiger partial charge in [-0.1, -0.05) is 20.8 Å². The number of carboxylic acid groups (broad SMARTS) is 1. The van der Waals surface area contributed by atoms with E-state index < -0.39 is 114 Å². The van der Waals surface area contributed by atoms with Gasteiger partial charge in [0.25, 0.3) is 0 Å². The van der Waals surface area contributed by atoms with E-state index in [2.05, 4.69) is 0 Å². The number of hydrogen-bond donors (Lipinski definition) is 6. The summed E-state index contributed by atoms with van der Waals surface area (Å²) in [5, 5.41) is 67.8. The molecule has 0 radical (unpaired) electrons. The summed E-state index contributed by atoms with van der Waals surface area (Å²) in [5.74, 6) is -3.80. The van der Waals surface area contributed by atoms with Gasteiger partial charge >= 0.3 is 11.9 Å². The number of nitrogens with zero attached hydrogens (tertiary/aromatic N) is 2. The predicted octanol–water partition coefficient (Wildman–Crippen LogP) is 1.75. The Bertz CT molecular complexity index is 1270. The predicted molar refractivity (Wildman–Crippen MR) is 205 cm³/mol. The zero-order valence-corrected chi connectivity index (χ0v) is 36.0. The van der Waals surface area contributed by atoms with Crippen LogP contribution in [0.5, 0.6) is 0 Å². The Morgan fingerprint density at radius 1 is 0.982 bits per heavy atom. The first-order valence-corrected chi connectivity index (χ1v) is 20.3. The van der Waals surface area contributed by atoms with Crippen LogP contribution in [0.15, 0.2) is 0 Å². The second-order valence-corrected chi connectivity index (χ2v) is 17.8. The Kier molecular flexibility index (Phi) is 17.2. The van der Waals surface area contributed by atoms with Gasteiger partial charge in [-0.3, -0.25) is 14.5 Å². The van der Waals surface area contributed by atoms with Crippen LogP contribution in [0.2, 0.25) is 0 Å². The van der Waals surface area contributed by atoms with Gasteiger partial charge in [0, 0.05) is 44.6 Å². The van der Waals surface area contributed by atoms with Crippen molar-refractivity contribution in [2.75, 3.05) is 34.3 Å². The Morgan fingerprint density at radius 2 is 1.61 bits per heavy atom. The maximum absolute atomic E-state index is 14.3. The van der Waals surface area contributed by atoms with Gasteiger partial charge < -0.3 is 64.0 Å². The van der Waals surface area contributed by atoms with Crippen molar-refractivity contribution in [1.82, 2.24) is 9.80 Å². The van der Waals surface area contributed by atoms with Gasteiger partial charge in [-0.15, -0.1) is 0 Å². The number of rotatable bonds is 10. The van der Waals surface area contributed by atoms with Crippen molar-refractivity contribution in [3.63, 3.8) is 0 Å². The van der Waals surface area contributed by atoms with Crippen LogP contribution in [0.25, 0.3) is 0 Å². The molecule has 0 aliphatic carbocycles. The molecule has 3 rings (SSSR count). The van der Waals surface area contributed by atoms with Gasteiger partial charge in [0.05, 0.1) is 48.0 Å². The highest BCUT2D eigenvalue weighted by molar-refractivity contribution is 5.73. The minimum Gasteiger partial charge on any atom is -0.481 e. The fourth-order valence-corrected chi connectivity index (χ4v) is 9.10. The summed E-state index contributed by atoms with van der Waals surface area (Å²) in [5.41, 5.74) is -4.54. The van der Waals surface area contributed by atoms with E-state index in [1.54, 1.807) is 60.4 Å². The van der Waals surface area contributed by atoms with Crippen LogP contribution in [-0.4, -0.2) is 177 Å². The van der Waals surface area contributed by atoms with Gasteiger partial charge in [0.15, 0.2) is 12.6 Å². The lowest BCUT2D eigenvalue weighted by Gasteiger charge is -2.49. The summed E-state index contributed by atoms with van der Waals surface area (Å²) in [6, 6.07) is -1.10. The van der Waals surface area contributed by atoms with Crippen molar-refractivity contribution >= 4 is 11.9 Å². The van der Waals surface area contributed by atoms with E-state index in [4.69, 9.17) is 28.4 Å². The van der Waals surface area contributed by atoms with Gasteiger partial charge in [0.1, 0.15) is 30.0 Å². The number of carbonyl (C=O) groups excluding carboxylic acids is 1. The fraction of sp³-hybridized carbons (Fsp3) is 0.950. The minimum absolute atomic E-state index is 0.0912. The number of hydrogen-bond acceptors (Lipinski definition) is 15. The normalized spacial score (nSPS) is 46.8. The highest BCUT2D eigenvalue weighted by atomic mass is 16.7. The number of carboxylic acids is 1. The molecule has 0 aromatic heterocycles. The van der Waals surface area contributed by atoms with E-state index in [9.17, 15) is 40.2 Å². The Hall–Kier alpha value is -1.54. The van der Waals surface area contributed by atoms with Crippen LogP contribution >= 0.6 is 0 Å². The number of esters is 1. The van der Waals surface area contributed by atoms with Crippen LogP contribution in [0, 0.1) is 17.8 Å². The lowest BCUT2D eigenvalue weighted by Crippen LogP contribution is -2.61. The number of aliphatic hydroxyl groups excluding tert-OH is 3. The first kappa shape index (κ1) is 48.8. The first-order valence-electron chi connectivity index (χ1n) is 20.3. The lowest BCUT2D eigenvalue weighted by molar-refractivity contribution is -0.318. The molecule has 16 heteroatoms. The maximum Gasteiger partial charge on any atom is 0.311 e. The molecule has 3 saturated heterocycles. The van der Waals surface area contributed by atoms with Crippen LogP contribution < -0.4 is 0 Å². The van der Waals surface area contributed by atoms with E-state index in [0.29, 0.717) is 13.0 Å². The van der Waals surface area contributed by atoms with Crippen molar-refractivity contribution in [2.24, 2.45) is 17.8 Å². The Balaban J connectivity index is 2.17. The molecule has 0 amide bonds. The first-order chi connectivity index (χ1) is 25.8. The standard InChI is InChI=1S/C40H74N2O14/c1-14-28-40(10,50)33(46)25(6)42(12)20-21(2)18-38(8,49)35(56-37-31(45)27(17-22(3)52-37)41(11)16-15-29(43)44)23(4)32(24(5)36(48)54-28)55-30-19-39(9,51-13)34(47)26(7)53-30/h21-28,30-35,37,45-47,49-50H,14-20H2,1-13H3,(H,43,44)/t21-,22-,23+,24-,25-,26+,27+,28-,30+,31-,32+,33-,34+,35-,37+,38-,39-,40-/m1/s1. The second-order valence-electron chi connectivity index (χ2n) is 17.8. The molecule has 0 unspecified atom stereocenters. The summed E-state index contributed by atoms with van der Waals surface area (Å²) in [6.45, 7) is 17.8. The van der Waals surface area contributed by atoms with Crippen LogP contribution in [-0.2, 0) is 38.0 Å². The minimum atomic E-state index is -1.84. The fourth-order valence-electron chi connectivity index (χ4n) is 9.10. The summed E-state index contributed by atoms with van der Waals surface area (Å²) in [6.07, 6.45) is -9.50. The summed E-state index contributed by atoms with van der Waals surface area (Å²) in [4.78, 5) is 29.3. The summed E-state index contributed by atoms with van der Waals surface area (Å²) in [7, 11) is 5.03. The van der Waals surface area contributed by atoms with Crippen molar-refractivity contribution in [1.29, 1.82) is 0 Å². The van der Waals surface area contributed by atoms with Crippen LogP contribution in [0.1, 0.15) is 101 Å². The molecule has 328 valence electrons. The van der Waals surface area contributed by atoms with Gasteiger partial charge in [-0.25, -0.2) is 0 Å². The Morgan fingerprint density at radius 3 is 2.18 bits per heavy atom. The highest BCUT2D eigenvalue weighted by Crippen LogP contribution is 2.40. The molecule has 3 heterocycles. The SMILES string of the molecule is CC[C@H]1OC(=O)[C@H](C)[C@@H](O[C@H]2C[C@@](C)(OC)[C@@H](O)[C@H](C)O2)[C@H](C)[C@@H](O[C@@H]2O[C@H](C)C[C@H](N(C)CCC(=O)O)[C@H]2O)[C@](C)(O)C[C@@H](C)CN(C)[C@H](C)[C@@H](O)[C@]1(C)O. The third-order valence-corrected chi connectivity index (χ3v) is 12.8. The Labute approximate surface area is 333 Å². The number of aliphatic hydroxyl groups is 5. The third kappa shape index (κ3) is 11.4. The number of aliphatic carboxylic acids is 1. The summed E-state index contributed by atoms with van der Waals surface area (Å²) >= 11 is 0. The van der Waals surface area contributed by atoms with E-state index in [1.165, 1.54) is 14.0 Å². The average Bonchev–Trinajstić information content (AvgIpc) is 3.11. The molecule has 3 aliphatic heterocycles. The monoisotopic (exact) mass is 807 g/mol. The molecule has 3 fully saturated rings. The molecule has 56 heavy (non-hydrogen) atoms. The number of carbonyl (C=O) groups is 2. The number of methoxy groups -OCH3 is 1. The zero-order valence-electron chi connectivity index (χ0n) is 36.0. The molecular formula is C40H74N2O14. The molecular weight excluding hydrogens is 732 g/mol. The average molecular weight is 807 g/mol. The van der Waals surface area contributed by atoms with Gasteiger partial charge in [-0.2, -0.15) is 0 Å². The maximum atomic E-state index is 14.3. The van der Waals surface area contributed by atoms with Crippen molar-refractivity contribution < 1.29 is 68.6 Å². The molecule has 0 bridgehead atoms. The molecule has 0 spiro atoms. The van der Waals surface area contributed by atoms with E-state index in [1.807, 2.05) is 25.8 Å². The molecule has 6 N–H and O–H groups in total. The van der Waals surface area contributed by atoms with Crippen molar-refractivity contribution in [2.45, 2.75) is 192 Å². The number of likely N-dealkylation sites (N-methyl/N-ethyl adjacent to an activating group) is 2. The lowest BCUT2D eigenvalue weighted by atomic mass is 9.77. The van der Waals surface area contributed by atoms with Crippen molar-refractivity contribution in [3.05, 3.63) is 0 Å². The van der Waals surface area contributed by atoms with E-state index >= 15 is 0 Å². The molecule has 18 atom stereocenters. The molecule has 0 saturated carbocycles. The smallest absolute Gasteiger partial charge is 0.311 e. The number of ether oxygens (including phenoxy) is 6. The quantitative estimate of drug-likeness (QED) is 0.173. The molecule has 0 aromatic carbocycles. The zero-order chi connectivity index (χ0) is 42.7. The highest BCUT2D eigenvalue weighted by Gasteiger charge is 2.52. The van der Waals surface area contributed by atoms with E-state index in [-0.39, 0.29) is 38.1 Å². The van der Waals surface area contributed by atoms with Gasteiger partial charge in [0.2, 0.25) is 0 Å². The van der Waals surface area contributed by atoms with Gasteiger partial charge in [-0.05, 0) is 87.7 Å². The molecule has 3 aliphatic rings. The van der Waals surface area contributed by atoms with Crippen molar-refractivity contribution in [3.8, 4) is 0 Å². The summed E-state index contributed by atoms with van der Waals surface area (Å²) < 4.78 is 37.5. The number of cyclic esters (lactones) is 1. The van der Waals surface area contributed by atoms with Crippen LogP contribution in [0.4, 0.5) is 0 Å². The van der Waals surface area contributed by atoms with E-state index in [0.717, 1.165) is 0 Å². The third-order valence-electron chi connectivity index (χ3n) is 12.8. The largest absolute Gasteiger partial charge is 0.481 e.